The molecule has 0 saturated heterocycles. The Bertz CT molecular complexity index is 276. The van der Waals surface area contributed by atoms with Gasteiger partial charge in [0.1, 0.15) is 0 Å². The standard InChI is InChI=1S/C17H32O4/c1-3-5-6-7-8-9-10-11-12-14-16(18)21-15(13-4-2)17(19)20/h15H,3-14H2,1-2H3,(H,19,20). The maximum atomic E-state index is 11.6. The number of hydrogen-bond acceptors (Lipinski definition) is 3. The number of carbonyl (C=O) groups excluding carboxylic acids is 1. The molecule has 0 amide bonds. The summed E-state index contributed by atoms with van der Waals surface area (Å²) < 4.78 is 4.99. The van der Waals surface area contributed by atoms with Crippen molar-refractivity contribution in [3.63, 3.8) is 0 Å². The summed E-state index contributed by atoms with van der Waals surface area (Å²) in [6.07, 6.45) is 11.2. The molecule has 1 N–H and O–H groups in total. The van der Waals surface area contributed by atoms with Crippen LogP contribution in [0.25, 0.3) is 0 Å². The summed E-state index contributed by atoms with van der Waals surface area (Å²) in [6, 6.07) is 0. The first-order chi connectivity index (χ1) is 10.1. The maximum absolute atomic E-state index is 11.6. The second-order valence-electron chi connectivity index (χ2n) is 5.68. The predicted octanol–water partition coefficient (Wildman–Crippen LogP) is 4.70. The molecule has 21 heavy (non-hydrogen) atoms. The number of unbranched alkanes of at least 4 members (excludes halogenated alkanes) is 8. The van der Waals surface area contributed by atoms with Gasteiger partial charge < -0.3 is 9.84 Å². The van der Waals surface area contributed by atoms with Gasteiger partial charge in [-0.25, -0.2) is 4.79 Å². The molecule has 1 atom stereocenters. The lowest BCUT2D eigenvalue weighted by Gasteiger charge is -2.12. The van der Waals surface area contributed by atoms with E-state index in [-0.39, 0.29) is 5.97 Å². The Labute approximate surface area is 129 Å². The fourth-order valence-electron chi connectivity index (χ4n) is 2.29. The smallest absolute Gasteiger partial charge is 0.345 e. The molecule has 0 radical (unpaired) electrons. The van der Waals surface area contributed by atoms with E-state index in [4.69, 9.17) is 9.84 Å². The number of carboxylic acids is 1. The highest BCUT2D eigenvalue weighted by Crippen LogP contribution is 2.11. The molecule has 0 saturated carbocycles. The Morgan fingerprint density at radius 2 is 1.38 bits per heavy atom. The van der Waals surface area contributed by atoms with Gasteiger partial charge in [0.05, 0.1) is 0 Å². The number of aliphatic carboxylic acids is 1. The largest absolute Gasteiger partial charge is 0.479 e. The average molecular weight is 300 g/mol. The number of carbonyl (C=O) groups is 2. The van der Waals surface area contributed by atoms with Crippen LogP contribution in [0, 0.1) is 0 Å². The molecule has 0 rings (SSSR count). The molecule has 0 aliphatic rings. The first-order valence-electron chi connectivity index (χ1n) is 8.54. The van der Waals surface area contributed by atoms with Gasteiger partial charge in [-0.1, -0.05) is 71.6 Å². The molecule has 124 valence electrons. The van der Waals surface area contributed by atoms with Crippen molar-refractivity contribution in [2.75, 3.05) is 0 Å². The highest BCUT2D eigenvalue weighted by atomic mass is 16.6. The Morgan fingerprint density at radius 3 is 1.86 bits per heavy atom. The average Bonchev–Trinajstić information content (AvgIpc) is 2.45. The molecule has 0 heterocycles. The third kappa shape index (κ3) is 12.4. The molecule has 0 aliphatic heterocycles. The van der Waals surface area contributed by atoms with Crippen molar-refractivity contribution in [2.45, 2.75) is 97.0 Å². The zero-order valence-corrected chi connectivity index (χ0v) is 13.7. The normalized spacial score (nSPS) is 12.1. The first-order valence-corrected chi connectivity index (χ1v) is 8.54. The Hall–Kier alpha value is -1.06. The number of hydrogen-bond donors (Lipinski definition) is 1. The Kier molecular flexibility index (Phi) is 13.2. The van der Waals surface area contributed by atoms with Crippen LogP contribution in [0.3, 0.4) is 0 Å². The van der Waals surface area contributed by atoms with Crippen LogP contribution in [-0.4, -0.2) is 23.1 Å². The van der Waals surface area contributed by atoms with Crippen LogP contribution in [0.2, 0.25) is 0 Å². The van der Waals surface area contributed by atoms with Crippen LogP contribution in [-0.2, 0) is 14.3 Å². The third-order valence-corrected chi connectivity index (χ3v) is 3.58. The molecule has 0 aromatic carbocycles. The van der Waals surface area contributed by atoms with Gasteiger partial charge in [-0.3, -0.25) is 4.79 Å². The topological polar surface area (TPSA) is 63.6 Å². The van der Waals surface area contributed by atoms with E-state index >= 15 is 0 Å². The van der Waals surface area contributed by atoms with Crippen LogP contribution in [0.4, 0.5) is 0 Å². The van der Waals surface area contributed by atoms with Gasteiger partial charge in [-0.05, 0) is 12.8 Å². The summed E-state index contributed by atoms with van der Waals surface area (Å²) in [5.41, 5.74) is 0. The van der Waals surface area contributed by atoms with Gasteiger partial charge in [0, 0.05) is 6.42 Å². The Balaban J connectivity index is 3.50. The third-order valence-electron chi connectivity index (χ3n) is 3.58. The second-order valence-corrected chi connectivity index (χ2v) is 5.68. The van der Waals surface area contributed by atoms with E-state index in [1.54, 1.807) is 0 Å². The van der Waals surface area contributed by atoms with E-state index in [0.29, 0.717) is 19.3 Å². The molecule has 0 aromatic rings. The summed E-state index contributed by atoms with van der Waals surface area (Å²) in [4.78, 5) is 22.4. The molecular formula is C17H32O4. The summed E-state index contributed by atoms with van der Waals surface area (Å²) >= 11 is 0. The minimum atomic E-state index is -1.04. The van der Waals surface area contributed by atoms with E-state index in [1.165, 1.54) is 38.5 Å². The van der Waals surface area contributed by atoms with Crippen molar-refractivity contribution in [2.24, 2.45) is 0 Å². The van der Waals surface area contributed by atoms with Crippen molar-refractivity contribution in [1.82, 2.24) is 0 Å². The summed E-state index contributed by atoms with van der Waals surface area (Å²) in [5.74, 6) is -1.42. The molecule has 4 heteroatoms. The van der Waals surface area contributed by atoms with Crippen molar-refractivity contribution in [1.29, 1.82) is 0 Å². The van der Waals surface area contributed by atoms with Crippen molar-refractivity contribution in [3.05, 3.63) is 0 Å². The van der Waals surface area contributed by atoms with Crippen LogP contribution in [0.5, 0.6) is 0 Å². The summed E-state index contributed by atoms with van der Waals surface area (Å²) in [7, 11) is 0. The zero-order chi connectivity index (χ0) is 15.9. The van der Waals surface area contributed by atoms with Crippen LogP contribution in [0.15, 0.2) is 0 Å². The molecule has 0 fully saturated rings. The maximum Gasteiger partial charge on any atom is 0.345 e. The van der Waals surface area contributed by atoms with Gasteiger partial charge in [0.15, 0.2) is 6.10 Å². The molecule has 0 spiro atoms. The quantitative estimate of drug-likeness (QED) is 0.373. The highest BCUT2D eigenvalue weighted by molar-refractivity contribution is 5.77. The second kappa shape index (κ2) is 13.9. The van der Waals surface area contributed by atoms with Crippen molar-refractivity contribution >= 4 is 11.9 Å². The lowest BCUT2D eigenvalue weighted by atomic mass is 10.1. The number of carboxylic acid groups (broad SMARTS) is 1. The summed E-state index contributed by atoms with van der Waals surface area (Å²) in [6.45, 7) is 4.10. The lowest BCUT2D eigenvalue weighted by Crippen LogP contribution is -2.26. The van der Waals surface area contributed by atoms with Crippen molar-refractivity contribution in [3.8, 4) is 0 Å². The molecule has 0 bridgehead atoms. The highest BCUT2D eigenvalue weighted by Gasteiger charge is 2.20. The SMILES string of the molecule is CCCCCCCCCCCC(=O)OC(CCC)C(=O)O. The van der Waals surface area contributed by atoms with Gasteiger partial charge in [-0.15, -0.1) is 0 Å². The first kappa shape index (κ1) is 19.9. The lowest BCUT2D eigenvalue weighted by molar-refractivity contribution is -0.164. The van der Waals surface area contributed by atoms with Crippen molar-refractivity contribution < 1.29 is 19.4 Å². The number of ether oxygens (including phenoxy) is 1. The molecule has 0 aliphatic carbocycles. The summed E-state index contributed by atoms with van der Waals surface area (Å²) in [5, 5.41) is 8.91. The minimum absolute atomic E-state index is 0.337. The van der Waals surface area contributed by atoms with Gasteiger partial charge in [0.2, 0.25) is 0 Å². The number of rotatable bonds is 14. The van der Waals surface area contributed by atoms with Crippen LogP contribution >= 0.6 is 0 Å². The Morgan fingerprint density at radius 1 is 0.857 bits per heavy atom. The fraction of sp³-hybridized carbons (Fsp3) is 0.882. The van der Waals surface area contributed by atoms with E-state index < -0.39 is 12.1 Å². The van der Waals surface area contributed by atoms with E-state index in [1.807, 2.05) is 6.92 Å². The van der Waals surface area contributed by atoms with Gasteiger partial charge in [-0.2, -0.15) is 0 Å². The van der Waals surface area contributed by atoms with E-state index in [9.17, 15) is 9.59 Å². The zero-order valence-electron chi connectivity index (χ0n) is 13.7. The molecule has 4 nitrogen and oxygen atoms in total. The molecular weight excluding hydrogens is 268 g/mol. The number of esters is 1. The predicted molar refractivity (Wildman–Crippen MR) is 84.3 cm³/mol. The van der Waals surface area contributed by atoms with E-state index in [2.05, 4.69) is 6.92 Å². The van der Waals surface area contributed by atoms with Gasteiger partial charge in [0.25, 0.3) is 0 Å². The monoisotopic (exact) mass is 300 g/mol. The molecule has 1 unspecified atom stereocenters. The van der Waals surface area contributed by atoms with Crippen LogP contribution < -0.4 is 0 Å². The molecule has 0 aromatic heterocycles. The van der Waals surface area contributed by atoms with E-state index in [0.717, 1.165) is 19.3 Å². The van der Waals surface area contributed by atoms with Crippen LogP contribution in [0.1, 0.15) is 90.9 Å². The minimum Gasteiger partial charge on any atom is -0.479 e. The fourth-order valence-corrected chi connectivity index (χ4v) is 2.29. The van der Waals surface area contributed by atoms with Gasteiger partial charge >= 0.3 is 11.9 Å².